The maximum Gasteiger partial charge on any atom is 0.300 e. The van der Waals surface area contributed by atoms with Gasteiger partial charge in [0, 0.05) is 19.5 Å². The van der Waals surface area contributed by atoms with Gasteiger partial charge in [-0.05, 0) is 19.8 Å². The molecule has 5 nitrogen and oxygen atoms in total. The molecule has 170 valence electrons. The van der Waals surface area contributed by atoms with Crippen LogP contribution in [0.2, 0.25) is 0 Å². The molecule has 0 saturated heterocycles. The minimum atomic E-state index is -0.833. The van der Waals surface area contributed by atoms with Gasteiger partial charge in [-0.15, -0.1) is 0 Å². The molecule has 0 aliphatic carbocycles. The summed E-state index contributed by atoms with van der Waals surface area (Å²) in [5.41, 5.74) is 6.12. The van der Waals surface area contributed by atoms with Crippen molar-refractivity contribution in [3.05, 3.63) is 12.2 Å². The van der Waals surface area contributed by atoms with Gasteiger partial charge in [-0.25, -0.2) is 0 Å². The van der Waals surface area contributed by atoms with Crippen LogP contribution >= 0.6 is 0 Å². The highest BCUT2D eigenvalue weighted by Gasteiger charge is 2.18. The molecule has 0 aromatic carbocycles. The van der Waals surface area contributed by atoms with Gasteiger partial charge in [0.15, 0.2) is 0 Å². The van der Waals surface area contributed by atoms with Gasteiger partial charge in [0.2, 0.25) is 0 Å². The van der Waals surface area contributed by atoms with E-state index in [1.807, 2.05) is 6.34 Å². The summed E-state index contributed by atoms with van der Waals surface area (Å²) in [6.45, 7) is 7.38. The van der Waals surface area contributed by atoms with Crippen LogP contribution in [0.3, 0.4) is 0 Å². The van der Waals surface area contributed by atoms with E-state index in [1.54, 1.807) is 0 Å². The molecule has 3 N–H and O–H groups in total. The van der Waals surface area contributed by atoms with Gasteiger partial charge in [0.1, 0.15) is 0 Å². The molecule has 0 bridgehead atoms. The van der Waals surface area contributed by atoms with Crippen molar-refractivity contribution in [2.45, 2.75) is 116 Å². The molecule has 0 radical (unpaired) electrons. The SMILES string of the molecule is CC(=O)O.CCCCCCCCCCCCCCC=CC(C(C)N)N1C=NCC1. The maximum absolute atomic E-state index is 9.00. The molecular weight excluding hydrogens is 362 g/mol. The molecule has 0 saturated carbocycles. The predicted molar refractivity (Wildman–Crippen MR) is 126 cm³/mol. The first-order valence-corrected chi connectivity index (χ1v) is 11.9. The Bertz CT molecular complexity index is 432. The minimum Gasteiger partial charge on any atom is -0.481 e. The number of unbranched alkanes of at least 4 members (excludes halogenated alkanes) is 12. The highest BCUT2D eigenvalue weighted by Crippen LogP contribution is 2.13. The van der Waals surface area contributed by atoms with E-state index in [0.29, 0.717) is 6.04 Å². The van der Waals surface area contributed by atoms with Gasteiger partial charge in [0.25, 0.3) is 5.97 Å². The van der Waals surface area contributed by atoms with Crippen molar-refractivity contribution in [1.29, 1.82) is 0 Å². The van der Waals surface area contributed by atoms with Gasteiger partial charge in [-0.1, -0.05) is 89.7 Å². The molecule has 0 amide bonds. The standard InChI is InChI=1S/C22H43N3.C2H4O2/c1-3-4-5-6-7-8-9-10-11-12-13-14-15-16-17-22(21(2)23)25-19-18-24-20-25;1-2(3)4/h16-17,20-22H,3-15,18-19,23H2,1-2H3;1H3,(H,3,4). The van der Waals surface area contributed by atoms with Gasteiger partial charge >= 0.3 is 0 Å². The lowest BCUT2D eigenvalue weighted by atomic mass is 10.0. The quantitative estimate of drug-likeness (QED) is 0.250. The molecule has 0 aromatic heterocycles. The summed E-state index contributed by atoms with van der Waals surface area (Å²) < 4.78 is 0. The number of carboxylic acid groups (broad SMARTS) is 1. The highest BCUT2D eigenvalue weighted by molar-refractivity contribution is 5.63. The van der Waals surface area contributed by atoms with Gasteiger partial charge in [0.05, 0.1) is 18.9 Å². The summed E-state index contributed by atoms with van der Waals surface area (Å²) >= 11 is 0. The van der Waals surface area contributed by atoms with E-state index >= 15 is 0 Å². The van der Waals surface area contributed by atoms with Crippen molar-refractivity contribution in [2.75, 3.05) is 13.1 Å². The number of hydrogen-bond acceptors (Lipinski definition) is 4. The average molecular weight is 410 g/mol. The van der Waals surface area contributed by atoms with Crippen LogP contribution in [0, 0.1) is 0 Å². The Labute approximate surface area is 179 Å². The van der Waals surface area contributed by atoms with Crippen LogP contribution in [0.1, 0.15) is 104 Å². The molecular formula is C24H47N3O2. The number of aliphatic imine (C=N–C) groups is 1. The van der Waals surface area contributed by atoms with Crippen molar-refractivity contribution < 1.29 is 9.90 Å². The van der Waals surface area contributed by atoms with E-state index in [1.165, 1.54) is 83.5 Å². The Balaban J connectivity index is 0.00000178. The molecule has 1 heterocycles. The molecule has 0 spiro atoms. The lowest BCUT2D eigenvalue weighted by Gasteiger charge is -2.27. The second kappa shape index (κ2) is 19.9. The Hall–Kier alpha value is -1.36. The Morgan fingerprint density at radius 2 is 1.55 bits per heavy atom. The monoisotopic (exact) mass is 409 g/mol. The van der Waals surface area contributed by atoms with Crippen LogP contribution in [0.25, 0.3) is 0 Å². The fourth-order valence-electron chi connectivity index (χ4n) is 3.55. The molecule has 0 fully saturated rings. The zero-order valence-corrected chi connectivity index (χ0v) is 19.3. The van der Waals surface area contributed by atoms with E-state index in [2.05, 4.69) is 35.9 Å². The molecule has 2 unspecified atom stereocenters. The summed E-state index contributed by atoms with van der Waals surface area (Å²) in [5, 5.41) is 7.42. The van der Waals surface area contributed by atoms with Gasteiger partial charge in [-0.2, -0.15) is 0 Å². The van der Waals surface area contributed by atoms with Crippen LogP contribution in [-0.4, -0.2) is 47.5 Å². The third-order valence-corrected chi connectivity index (χ3v) is 5.20. The molecule has 29 heavy (non-hydrogen) atoms. The van der Waals surface area contributed by atoms with Crippen molar-refractivity contribution in [3.8, 4) is 0 Å². The average Bonchev–Trinajstić information content (AvgIpc) is 3.18. The summed E-state index contributed by atoms with van der Waals surface area (Å²) in [7, 11) is 0. The second-order valence-corrected chi connectivity index (χ2v) is 8.23. The third kappa shape index (κ3) is 18.4. The Morgan fingerprint density at radius 3 is 1.97 bits per heavy atom. The number of hydrogen-bond donors (Lipinski definition) is 2. The van der Waals surface area contributed by atoms with Crippen LogP contribution < -0.4 is 5.73 Å². The van der Waals surface area contributed by atoms with E-state index in [4.69, 9.17) is 15.6 Å². The predicted octanol–water partition coefficient (Wildman–Crippen LogP) is 5.78. The first-order chi connectivity index (χ1) is 14.0. The first-order valence-electron chi connectivity index (χ1n) is 11.9. The van der Waals surface area contributed by atoms with Gasteiger partial charge in [-0.3, -0.25) is 9.79 Å². The Morgan fingerprint density at radius 1 is 1.07 bits per heavy atom. The van der Waals surface area contributed by atoms with E-state index in [-0.39, 0.29) is 6.04 Å². The summed E-state index contributed by atoms with van der Waals surface area (Å²) in [6, 6.07) is 0.464. The lowest BCUT2D eigenvalue weighted by molar-refractivity contribution is -0.134. The number of nitrogens with zero attached hydrogens (tertiary/aromatic N) is 2. The fourth-order valence-corrected chi connectivity index (χ4v) is 3.55. The number of allylic oxidation sites excluding steroid dienone is 1. The molecule has 0 aromatic rings. The van der Waals surface area contributed by atoms with Crippen LogP contribution in [0.15, 0.2) is 17.1 Å². The number of rotatable bonds is 16. The number of carboxylic acids is 1. The van der Waals surface area contributed by atoms with Crippen LogP contribution in [0.5, 0.6) is 0 Å². The van der Waals surface area contributed by atoms with Crippen molar-refractivity contribution in [3.63, 3.8) is 0 Å². The first kappa shape index (κ1) is 27.6. The minimum absolute atomic E-state index is 0.155. The van der Waals surface area contributed by atoms with Crippen molar-refractivity contribution in [2.24, 2.45) is 10.7 Å². The van der Waals surface area contributed by atoms with Crippen LogP contribution in [0.4, 0.5) is 0 Å². The topological polar surface area (TPSA) is 78.9 Å². The number of carbonyl (C=O) groups is 1. The molecule has 5 heteroatoms. The fraction of sp³-hybridized carbons (Fsp3) is 0.833. The molecule has 1 aliphatic rings. The molecule has 1 rings (SSSR count). The van der Waals surface area contributed by atoms with E-state index < -0.39 is 5.97 Å². The largest absolute Gasteiger partial charge is 0.481 e. The third-order valence-electron chi connectivity index (χ3n) is 5.20. The smallest absolute Gasteiger partial charge is 0.300 e. The summed E-state index contributed by atoms with van der Waals surface area (Å²) in [5.74, 6) is -0.833. The normalized spacial score (nSPS) is 15.4. The maximum atomic E-state index is 9.00. The summed E-state index contributed by atoms with van der Waals surface area (Å²) in [6.07, 6.45) is 24.7. The summed E-state index contributed by atoms with van der Waals surface area (Å²) in [4.78, 5) is 15.6. The highest BCUT2D eigenvalue weighted by atomic mass is 16.4. The molecule has 1 aliphatic heterocycles. The van der Waals surface area contributed by atoms with Crippen LogP contribution in [-0.2, 0) is 4.79 Å². The van der Waals surface area contributed by atoms with Gasteiger partial charge < -0.3 is 15.7 Å². The van der Waals surface area contributed by atoms with E-state index in [9.17, 15) is 0 Å². The Kier molecular flexibility index (Phi) is 19.0. The lowest BCUT2D eigenvalue weighted by Crippen LogP contribution is -2.43. The number of aliphatic carboxylic acids is 1. The second-order valence-electron chi connectivity index (χ2n) is 8.23. The van der Waals surface area contributed by atoms with Crippen molar-refractivity contribution >= 4 is 12.3 Å². The van der Waals surface area contributed by atoms with E-state index in [0.717, 1.165) is 20.0 Å². The zero-order chi connectivity index (χ0) is 21.7. The zero-order valence-electron chi connectivity index (χ0n) is 19.3. The van der Waals surface area contributed by atoms with Crippen molar-refractivity contribution in [1.82, 2.24) is 4.90 Å². The molecule has 2 atom stereocenters. The number of nitrogens with two attached hydrogens (primary N) is 1.